The Kier molecular flexibility index (Phi) is 9.81. The van der Waals surface area contributed by atoms with Gasteiger partial charge in [0.1, 0.15) is 24.6 Å². The largest absolute Gasteiger partial charge is 0.448 e. The van der Waals surface area contributed by atoms with Crippen molar-refractivity contribution in [1.29, 1.82) is 0 Å². The summed E-state index contributed by atoms with van der Waals surface area (Å²) in [4.78, 5) is 31.0. The van der Waals surface area contributed by atoms with Crippen LogP contribution in [0.3, 0.4) is 0 Å². The molecule has 1 aromatic heterocycles. The number of cyclic esters (lactones) is 1. The number of anilines is 1. The number of nitrogens with one attached hydrogen (secondary N) is 3. The number of halogens is 2. The van der Waals surface area contributed by atoms with Crippen molar-refractivity contribution in [2.45, 2.75) is 64.1 Å². The molecule has 2 aliphatic carbocycles. The van der Waals surface area contributed by atoms with E-state index in [2.05, 4.69) is 20.9 Å². The molecule has 2 aromatic rings. The minimum absolute atomic E-state index is 0.0900. The number of hydrogen-bond donors (Lipinski definition) is 3. The van der Waals surface area contributed by atoms with Crippen molar-refractivity contribution in [3.05, 3.63) is 77.3 Å². The summed E-state index contributed by atoms with van der Waals surface area (Å²) in [5, 5.41) is 9.75. The molecule has 3 N–H and O–H groups in total. The molecule has 1 saturated carbocycles. The fraction of sp³-hybridized carbons (Fsp3) is 0.452. The number of aromatic nitrogens is 2. The van der Waals surface area contributed by atoms with Gasteiger partial charge in [0.05, 0.1) is 24.5 Å². The standard InChI is InChI=1S/C31H38F2N6O3/c1-2-5-27(36-24-11-9-21-8-10-23(32)16-26(33)25(21)17-24)30(40)37-29-19-39(20-35-29)28-7-4-3-6-22(28)18-34-12-13-38-14-15-42-31(38)41/h3-4,6-8,16,19-20,24,27,34,36H,2,5,9-15,17-18H2,1H3,(H,37,40)/t24?,27-/m0/s1. The second-order valence-corrected chi connectivity index (χ2v) is 10.9. The van der Waals surface area contributed by atoms with Crippen molar-refractivity contribution < 1.29 is 23.1 Å². The van der Waals surface area contributed by atoms with E-state index in [-0.39, 0.29) is 24.5 Å². The topological polar surface area (TPSA) is 101 Å². The van der Waals surface area contributed by atoms with Crippen LogP contribution in [-0.2, 0) is 16.1 Å². The van der Waals surface area contributed by atoms with Gasteiger partial charge in [-0.25, -0.2) is 18.6 Å². The van der Waals surface area contributed by atoms with Gasteiger partial charge >= 0.3 is 6.09 Å². The van der Waals surface area contributed by atoms with Crippen LogP contribution in [0.25, 0.3) is 5.69 Å². The Labute approximate surface area is 244 Å². The van der Waals surface area contributed by atoms with Gasteiger partial charge in [-0.05, 0) is 48.5 Å². The molecule has 0 spiro atoms. The minimum atomic E-state index is -0.517. The molecule has 11 heteroatoms. The Morgan fingerprint density at radius 1 is 1.26 bits per heavy atom. The molecule has 9 nitrogen and oxygen atoms in total. The van der Waals surface area contributed by atoms with E-state index in [0.717, 1.165) is 35.7 Å². The number of amides is 2. The maximum Gasteiger partial charge on any atom is 0.409 e. The minimum Gasteiger partial charge on any atom is -0.448 e. The van der Waals surface area contributed by atoms with Gasteiger partial charge in [0.25, 0.3) is 0 Å². The third-order valence-corrected chi connectivity index (χ3v) is 7.87. The van der Waals surface area contributed by atoms with E-state index in [1.54, 1.807) is 23.5 Å². The summed E-state index contributed by atoms with van der Waals surface area (Å²) in [6.45, 7) is 4.88. The van der Waals surface area contributed by atoms with Crippen molar-refractivity contribution >= 4 is 17.8 Å². The summed E-state index contributed by atoms with van der Waals surface area (Å²) in [6, 6.07) is 7.35. The molecule has 1 saturated heterocycles. The average molecular weight is 581 g/mol. The predicted molar refractivity (Wildman–Crippen MR) is 156 cm³/mol. The van der Waals surface area contributed by atoms with Crippen LogP contribution >= 0.6 is 0 Å². The molecule has 1 unspecified atom stereocenters. The van der Waals surface area contributed by atoms with Crippen LogP contribution in [-0.4, -0.2) is 64.8 Å². The van der Waals surface area contributed by atoms with Crippen molar-refractivity contribution in [3.63, 3.8) is 0 Å². The fourth-order valence-electron chi connectivity index (χ4n) is 5.66. The van der Waals surface area contributed by atoms with E-state index in [1.165, 1.54) is 0 Å². The number of fused-ring (bicyclic) bond motifs is 1. The number of carbonyl (C=O) groups excluding carboxylic acids is 2. The first-order chi connectivity index (χ1) is 20.4. The second-order valence-electron chi connectivity index (χ2n) is 10.9. The van der Waals surface area contributed by atoms with Crippen molar-refractivity contribution in [2.75, 3.05) is 31.6 Å². The summed E-state index contributed by atoms with van der Waals surface area (Å²) in [7, 11) is 0. The molecule has 0 bridgehead atoms. The van der Waals surface area contributed by atoms with E-state index >= 15 is 0 Å². The Bertz CT molecular complexity index is 1380. The molecule has 5 rings (SSSR count). The zero-order valence-electron chi connectivity index (χ0n) is 23.9. The van der Waals surface area contributed by atoms with E-state index in [9.17, 15) is 18.4 Å². The third-order valence-electron chi connectivity index (χ3n) is 7.87. The van der Waals surface area contributed by atoms with Gasteiger partial charge in [-0.2, -0.15) is 0 Å². The normalized spacial score (nSPS) is 19.5. The maximum absolute atomic E-state index is 14.7. The molecule has 2 atom stereocenters. The highest BCUT2D eigenvalue weighted by Crippen LogP contribution is 2.36. The zero-order valence-corrected chi connectivity index (χ0v) is 23.9. The Morgan fingerprint density at radius 3 is 2.93 bits per heavy atom. The van der Waals surface area contributed by atoms with Gasteiger partial charge in [-0.15, -0.1) is 0 Å². The van der Waals surface area contributed by atoms with Gasteiger partial charge in [0.15, 0.2) is 5.82 Å². The predicted octanol–water partition coefficient (Wildman–Crippen LogP) is 5.07. The smallest absolute Gasteiger partial charge is 0.409 e. The Morgan fingerprint density at radius 2 is 2.12 bits per heavy atom. The van der Waals surface area contributed by atoms with Crippen LogP contribution in [0.1, 0.15) is 51.0 Å². The zero-order chi connectivity index (χ0) is 29.5. The molecular formula is C31H38F2N6O3. The van der Waals surface area contributed by atoms with E-state index < -0.39 is 17.7 Å². The average Bonchev–Trinajstić information content (AvgIpc) is 3.59. The van der Waals surface area contributed by atoms with Crippen molar-refractivity contribution in [2.24, 2.45) is 0 Å². The number of imidazole rings is 1. The van der Waals surface area contributed by atoms with E-state index in [0.29, 0.717) is 63.4 Å². The molecule has 2 amide bonds. The maximum atomic E-state index is 14.7. The number of benzene rings is 1. The van der Waals surface area contributed by atoms with Crippen LogP contribution < -0.4 is 16.0 Å². The van der Waals surface area contributed by atoms with Gasteiger partial charge < -0.3 is 30.2 Å². The van der Waals surface area contributed by atoms with E-state index in [1.807, 2.05) is 35.8 Å². The molecular weight excluding hydrogens is 542 g/mol. The Hall–Kier alpha value is -3.83. The van der Waals surface area contributed by atoms with Crippen molar-refractivity contribution in [3.8, 4) is 5.69 Å². The highest BCUT2D eigenvalue weighted by Gasteiger charge is 2.29. The first-order valence-corrected chi connectivity index (χ1v) is 14.7. The van der Waals surface area contributed by atoms with Crippen LogP contribution in [0.5, 0.6) is 0 Å². The first-order valence-electron chi connectivity index (χ1n) is 14.7. The molecule has 1 aliphatic heterocycles. The lowest BCUT2D eigenvalue weighted by atomic mass is 9.85. The lowest BCUT2D eigenvalue weighted by molar-refractivity contribution is -0.118. The van der Waals surface area contributed by atoms with Crippen molar-refractivity contribution in [1.82, 2.24) is 25.1 Å². The van der Waals surface area contributed by atoms with E-state index in [4.69, 9.17) is 4.74 Å². The van der Waals surface area contributed by atoms with Gasteiger partial charge in [0, 0.05) is 38.2 Å². The number of nitrogens with zero attached hydrogens (tertiary/aromatic N) is 3. The third kappa shape index (κ3) is 7.32. The van der Waals surface area contributed by atoms with Gasteiger partial charge in [-0.3, -0.25) is 4.79 Å². The summed E-state index contributed by atoms with van der Waals surface area (Å²) >= 11 is 0. The summed E-state index contributed by atoms with van der Waals surface area (Å²) in [5.74, 6) is -0.749. The first kappa shape index (κ1) is 29.7. The van der Waals surface area contributed by atoms with Crippen LogP contribution in [0.15, 0.2) is 71.7 Å². The SMILES string of the molecule is CCC[C@H](NC1CCC2=CCC(F)=CC(F)=C2C1)C(=O)Nc1cn(-c2ccccc2CNCCN2CCOC2=O)cn1. The number of carbonyl (C=O) groups is 2. The number of para-hydroxylation sites is 1. The molecule has 2 fully saturated rings. The fourth-order valence-corrected chi connectivity index (χ4v) is 5.66. The number of allylic oxidation sites excluding steroid dienone is 5. The number of rotatable bonds is 12. The highest BCUT2D eigenvalue weighted by molar-refractivity contribution is 5.94. The summed E-state index contributed by atoms with van der Waals surface area (Å²) in [5.41, 5.74) is 3.37. The van der Waals surface area contributed by atoms with Gasteiger partial charge in [-0.1, -0.05) is 37.6 Å². The molecule has 1 aromatic carbocycles. The van der Waals surface area contributed by atoms with Gasteiger partial charge in [0.2, 0.25) is 5.91 Å². The van der Waals surface area contributed by atoms with Crippen LogP contribution in [0, 0.1) is 0 Å². The Balaban J connectivity index is 1.18. The van der Waals surface area contributed by atoms with Crippen LogP contribution in [0.2, 0.25) is 0 Å². The summed E-state index contributed by atoms with van der Waals surface area (Å²) in [6.07, 6.45) is 9.27. The molecule has 3 aliphatic rings. The monoisotopic (exact) mass is 580 g/mol. The summed E-state index contributed by atoms with van der Waals surface area (Å²) < 4.78 is 35.3. The highest BCUT2D eigenvalue weighted by atomic mass is 19.1. The quantitative estimate of drug-likeness (QED) is 0.303. The lowest BCUT2D eigenvalue weighted by Crippen LogP contribution is -2.47. The molecule has 0 radical (unpaired) electrons. The molecule has 2 heterocycles. The molecule has 42 heavy (non-hydrogen) atoms. The van der Waals surface area contributed by atoms with Crippen LogP contribution in [0.4, 0.5) is 19.4 Å². The lowest BCUT2D eigenvalue weighted by Gasteiger charge is -2.30. The number of ether oxygens (including phenoxy) is 1. The second kappa shape index (κ2) is 13.9. The molecule has 224 valence electrons. The number of hydrogen-bond acceptors (Lipinski definition) is 6.